The number of carbonyl (C=O) groups excluding carboxylic acids is 1. The highest BCUT2D eigenvalue weighted by molar-refractivity contribution is 7.89. The molecule has 12 heteroatoms. The SMILES string of the molecule is CCN(CC)c1nc2sc(C(=O)Nc3ccc(F)c(S(=O)(=O)N4CCOCC4)c3)cc2s1. The Balaban J connectivity index is 1.54. The van der Waals surface area contributed by atoms with Crippen molar-refractivity contribution in [3.05, 3.63) is 35.0 Å². The number of nitrogens with zero attached hydrogens (tertiary/aromatic N) is 3. The summed E-state index contributed by atoms with van der Waals surface area (Å²) in [6.07, 6.45) is 0. The number of morpholine rings is 1. The second kappa shape index (κ2) is 9.40. The minimum absolute atomic E-state index is 0.159. The van der Waals surface area contributed by atoms with Crippen LogP contribution < -0.4 is 10.2 Å². The quantitative estimate of drug-likeness (QED) is 0.535. The number of hydrogen-bond donors (Lipinski definition) is 1. The van der Waals surface area contributed by atoms with Crippen LogP contribution in [0.2, 0.25) is 0 Å². The van der Waals surface area contributed by atoms with E-state index < -0.39 is 26.6 Å². The summed E-state index contributed by atoms with van der Waals surface area (Å²) in [5.41, 5.74) is 0.205. The Morgan fingerprint density at radius 3 is 2.59 bits per heavy atom. The highest BCUT2D eigenvalue weighted by Gasteiger charge is 2.29. The van der Waals surface area contributed by atoms with Gasteiger partial charge in [-0.2, -0.15) is 4.31 Å². The molecule has 1 aromatic carbocycles. The lowest BCUT2D eigenvalue weighted by molar-refractivity contribution is 0.0729. The summed E-state index contributed by atoms with van der Waals surface area (Å²) in [7, 11) is -4.03. The second-order valence-electron chi connectivity index (χ2n) is 7.06. The van der Waals surface area contributed by atoms with E-state index in [1.54, 1.807) is 6.07 Å². The first-order valence-corrected chi connectivity index (χ1v) is 13.2. The molecule has 0 aliphatic carbocycles. The van der Waals surface area contributed by atoms with Crippen LogP contribution in [-0.4, -0.2) is 63.0 Å². The Hall–Kier alpha value is -2.12. The highest BCUT2D eigenvalue weighted by Crippen LogP contribution is 2.35. The molecule has 1 aliphatic heterocycles. The van der Waals surface area contributed by atoms with E-state index in [1.807, 2.05) is 0 Å². The average Bonchev–Trinajstić information content (AvgIpc) is 3.36. The average molecular weight is 499 g/mol. The number of nitrogens with one attached hydrogen (secondary N) is 1. The molecule has 3 heterocycles. The molecule has 1 fully saturated rings. The summed E-state index contributed by atoms with van der Waals surface area (Å²) in [5, 5.41) is 3.59. The monoisotopic (exact) mass is 498 g/mol. The van der Waals surface area contributed by atoms with Gasteiger partial charge in [-0.05, 0) is 38.1 Å². The molecule has 0 radical (unpaired) electrons. The van der Waals surface area contributed by atoms with Gasteiger partial charge in [-0.15, -0.1) is 11.3 Å². The number of hydrogen-bond acceptors (Lipinski definition) is 8. The fourth-order valence-corrected chi connectivity index (χ4v) is 7.09. The van der Waals surface area contributed by atoms with Crippen LogP contribution in [0.5, 0.6) is 0 Å². The number of aromatic nitrogens is 1. The molecule has 32 heavy (non-hydrogen) atoms. The zero-order valence-electron chi connectivity index (χ0n) is 17.6. The lowest BCUT2D eigenvalue weighted by atomic mass is 10.3. The smallest absolute Gasteiger partial charge is 0.265 e. The Morgan fingerprint density at radius 2 is 1.94 bits per heavy atom. The van der Waals surface area contributed by atoms with Gasteiger partial charge in [0.05, 0.1) is 22.8 Å². The van der Waals surface area contributed by atoms with Gasteiger partial charge >= 0.3 is 0 Å². The van der Waals surface area contributed by atoms with Crippen molar-refractivity contribution in [2.45, 2.75) is 18.7 Å². The van der Waals surface area contributed by atoms with Crippen LogP contribution in [0.4, 0.5) is 15.2 Å². The van der Waals surface area contributed by atoms with Crippen LogP contribution in [0.15, 0.2) is 29.2 Å². The second-order valence-corrected chi connectivity index (χ2v) is 11.0. The fourth-order valence-electron chi connectivity index (χ4n) is 3.36. The maximum atomic E-state index is 14.4. The summed E-state index contributed by atoms with van der Waals surface area (Å²) >= 11 is 2.79. The summed E-state index contributed by atoms with van der Waals surface area (Å²) in [6, 6.07) is 5.33. The van der Waals surface area contributed by atoms with Gasteiger partial charge in [0.1, 0.15) is 15.5 Å². The number of carbonyl (C=O) groups is 1. The van der Waals surface area contributed by atoms with E-state index in [0.29, 0.717) is 4.88 Å². The molecule has 8 nitrogen and oxygen atoms in total. The topological polar surface area (TPSA) is 91.8 Å². The molecular formula is C20H23FN4O4S3. The third-order valence-electron chi connectivity index (χ3n) is 5.11. The van der Waals surface area contributed by atoms with Crippen LogP contribution >= 0.6 is 22.7 Å². The number of rotatable bonds is 7. The van der Waals surface area contributed by atoms with Gasteiger partial charge in [0, 0.05) is 31.9 Å². The minimum atomic E-state index is -4.03. The Morgan fingerprint density at radius 1 is 1.22 bits per heavy atom. The molecule has 0 unspecified atom stereocenters. The number of thiazole rings is 1. The molecule has 1 N–H and O–H groups in total. The zero-order valence-corrected chi connectivity index (χ0v) is 20.1. The lowest BCUT2D eigenvalue weighted by Crippen LogP contribution is -2.40. The minimum Gasteiger partial charge on any atom is -0.379 e. The van der Waals surface area contributed by atoms with E-state index in [1.165, 1.54) is 33.0 Å². The Kier molecular flexibility index (Phi) is 6.77. The number of fused-ring (bicyclic) bond motifs is 1. The van der Waals surface area contributed by atoms with Gasteiger partial charge in [-0.3, -0.25) is 4.79 Å². The number of anilines is 2. The molecule has 0 spiro atoms. The normalized spacial score (nSPS) is 15.2. The van der Waals surface area contributed by atoms with E-state index in [0.717, 1.165) is 39.9 Å². The van der Waals surface area contributed by atoms with E-state index >= 15 is 0 Å². The highest BCUT2D eigenvalue weighted by atomic mass is 32.2. The van der Waals surface area contributed by atoms with E-state index in [4.69, 9.17) is 4.74 Å². The zero-order chi connectivity index (χ0) is 22.9. The van der Waals surface area contributed by atoms with Crippen molar-refractivity contribution in [1.82, 2.24) is 9.29 Å². The van der Waals surface area contributed by atoms with Crippen LogP contribution in [0.3, 0.4) is 0 Å². The number of ether oxygens (including phenoxy) is 1. The predicted molar refractivity (Wildman–Crippen MR) is 125 cm³/mol. The maximum absolute atomic E-state index is 14.4. The Labute approximate surface area is 193 Å². The maximum Gasteiger partial charge on any atom is 0.265 e. The number of benzene rings is 1. The molecule has 1 saturated heterocycles. The van der Waals surface area contributed by atoms with Crippen LogP contribution in [-0.2, 0) is 14.8 Å². The van der Waals surface area contributed by atoms with E-state index in [2.05, 4.69) is 29.0 Å². The number of sulfonamides is 1. The van der Waals surface area contributed by atoms with Gasteiger partial charge in [0.2, 0.25) is 10.0 Å². The Bertz CT molecular complexity index is 1200. The van der Waals surface area contributed by atoms with Crippen molar-refractivity contribution in [2.75, 3.05) is 49.6 Å². The molecule has 1 amide bonds. The first-order chi connectivity index (χ1) is 15.3. The predicted octanol–water partition coefficient (Wildman–Crippen LogP) is 3.62. The number of thiophene rings is 1. The first kappa shape index (κ1) is 23.1. The van der Waals surface area contributed by atoms with E-state index in [9.17, 15) is 17.6 Å². The van der Waals surface area contributed by atoms with Crippen LogP contribution in [0, 0.1) is 5.82 Å². The third-order valence-corrected chi connectivity index (χ3v) is 9.25. The molecule has 1 aliphatic rings. The standard InChI is InChI=1S/C20H23FN4O4S3/c1-3-24(4-2)20-23-19-16(31-20)12-15(30-19)18(26)22-13-5-6-14(21)17(11-13)32(27,28)25-7-9-29-10-8-25/h5-6,11-12H,3-4,7-10H2,1-2H3,(H,22,26). The fraction of sp³-hybridized carbons (Fsp3) is 0.400. The molecule has 172 valence electrons. The van der Waals surface area contributed by atoms with E-state index in [-0.39, 0.29) is 32.0 Å². The molecule has 0 saturated carbocycles. The lowest BCUT2D eigenvalue weighted by Gasteiger charge is -2.26. The van der Waals surface area contributed by atoms with Crippen molar-refractivity contribution in [1.29, 1.82) is 0 Å². The van der Waals surface area contributed by atoms with Gasteiger partial charge in [-0.1, -0.05) is 11.3 Å². The van der Waals surface area contributed by atoms with Gasteiger partial charge in [0.25, 0.3) is 5.91 Å². The van der Waals surface area contributed by atoms with Gasteiger partial charge < -0.3 is 15.0 Å². The van der Waals surface area contributed by atoms with Gasteiger partial charge in [-0.25, -0.2) is 17.8 Å². The molecule has 4 rings (SSSR count). The summed E-state index contributed by atoms with van der Waals surface area (Å²) in [5.74, 6) is -1.26. The van der Waals surface area contributed by atoms with Crippen molar-refractivity contribution < 1.29 is 22.3 Å². The van der Waals surface area contributed by atoms with Gasteiger partial charge in [0.15, 0.2) is 5.13 Å². The first-order valence-electron chi connectivity index (χ1n) is 10.2. The summed E-state index contributed by atoms with van der Waals surface area (Å²) < 4.78 is 47.3. The van der Waals surface area contributed by atoms with Crippen molar-refractivity contribution in [2.24, 2.45) is 0 Å². The molecular weight excluding hydrogens is 475 g/mol. The van der Waals surface area contributed by atoms with Crippen LogP contribution in [0.1, 0.15) is 23.5 Å². The number of halogens is 1. The summed E-state index contributed by atoms with van der Waals surface area (Å²) in [4.78, 5) is 20.3. The number of amides is 1. The van der Waals surface area contributed by atoms with Crippen LogP contribution in [0.25, 0.3) is 9.53 Å². The largest absolute Gasteiger partial charge is 0.379 e. The molecule has 3 aromatic rings. The third kappa shape index (κ3) is 4.50. The van der Waals surface area contributed by atoms with Crippen molar-refractivity contribution in [3.63, 3.8) is 0 Å². The molecule has 0 bridgehead atoms. The van der Waals surface area contributed by atoms with Crippen molar-refractivity contribution in [3.8, 4) is 0 Å². The molecule has 0 atom stereocenters. The molecule has 2 aromatic heterocycles. The summed E-state index contributed by atoms with van der Waals surface area (Å²) in [6.45, 7) is 6.67. The van der Waals surface area contributed by atoms with Crippen molar-refractivity contribution >= 4 is 59.0 Å².